The molecule has 0 atom stereocenters. The second-order valence-electron chi connectivity index (χ2n) is 7.52. The van der Waals surface area contributed by atoms with Crippen molar-refractivity contribution in [3.8, 4) is 0 Å². The number of anilines is 1. The molecule has 3 aromatic rings. The Morgan fingerprint density at radius 2 is 1.70 bits per heavy atom. The number of carbonyl (C=O) groups is 1. The molecule has 0 aliphatic carbocycles. The number of H-pyrrole nitrogens is 1. The summed E-state index contributed by atoms with van der Waals surface area (Å²) in [6, 6.07) is 12.5. The van der Waals surface area contributed by atoms with E-state index in [1.54, 1.807) is 18.2 Å². The summed E-state index contributed by atoms with van der Waals surface area (Å²) in [7, 11) is -3.53. The van der Waals surface area contributed by atoms with E-state index in [4.69, 9.17) is 0 Å². The third kappa shape index (κ3) is 4.01. The molecule has 8 heteroatoms. The minimum absolute atomic E-state index is 0.121. The largest absolute Gasteiger partial charge is 0.358 e. The summed E-state index contributed by atoms with van der Waals surface area (Å²) in [6.07, 6.45) is 2.78. The van der Waals surface area contributed by atoms with Gasteiger partial charge in [-0.1, -0.05) is 6.42 Å². The number of amides is 1. The SMILES string of the molecule is Cc1cc(=O)c2cc(NC(=O)c3ccc(S(=O)(=O)N4CCCCC4)cc3)ccc2[nH]1. The quantitative estimate of drug-likeness (QED) is 0.670. The predicted molar refractivity (Wildman–Crippen MR) is 116 cm³/mol. The Kier molecular flexibility index (Phi) is 5.44. The lowest BCUT2D eigenvalue weighted by atomic mass is 10.1. The number of hydrogen-bond acceptors (Lipinski definition) is 4. The monoisotopic (exact) mass is 425 g/mol. The molecule has 4 rings (SSSR count). The number of aromatic nitrogens is 1. The van der Waals surface area contributed by atoms with Gasteiger partial charge in [-0.3, -0.25) is 9.59 Å². The van der Waals surface area contributed by atoms with E-state index in [0.717, 1.165) is 25.0 Å². The van der Waals surface area contributed by atoms with Gasteiger partial charge in [0.05, 0.1) is 4.90 Å². The molecule has 30 heavy (non-hydrogen) atoms. The highest BCUT2D eigenvalue weighted by Gasteiger charge is 2.25. The van der Waals surface area contributed by atoms with Crippen molar-refractivity contribution in [3.63, 3.8) is 0 Å². The van der Waals surface area contributed by atoms with Crippen LogP contribution in [0.1, 0.15) is 35.3 Å². The number of aromatic amines is 1. The molecule has 0 spiro atoms. The van der Waals surface area contributed by atoms with E-state index in [9.17, 15) is 18.0 Å². The summed E-state index contributed by atoms with van der Waals surface area (Å²) in [5.41, 5.74) is 2.18. The molecular formula is C22H23N3O4S. The van der Waals surface area contributed by atoms with Crippen molar-refractivity contribution in [1.82, 2.24) is 9.29 Å². The molecule has 0 unspecified atom stereocenters. The number of rotatable bonds is 4. The molecule has 1 amide bonds. The van der Waals surface area contributed by atoms with Crippen molar-refractivity contribution >= 4 is 32.5 Å². The first-order valence-electron chi connectivity index (χ1n) is 9.90. The van der Waals surface area contributed by atoms with Gasteiger partial charge in [0.15, 0.2) is 5.43 Å². The summed E-state index contributed by atoms with van der Waals surface area (Å²) < 4.78 is 27.0. The van der Waals surface area contributed by atoms with Crippen LogP contribution in [0.5, 0.6) is 0 Å². The maximum atomic E-state index is 12.7. The van der Waals surface area contributed by atoms with Gasteiger partial charge in [-0.15, -0.1) is 0 Å². The second-order valence-corrected chi connectivity index (χ2v) is 9.46. The third-order valence-electron chi connectivity index (χ3n) is 5.29. The Morgan fingerprint density at radius 1 is 1.00 bits per heavy atom. The van der Waals surface area contributed by atoms with Gasteiger partial charge in [-0.2, -0.15) is 4.31 Å². The normalized spacial score (nSPS) is 15.2. The first-order chi connectivity index (χ1) is 14.3. The van der Waals surface area contributed by atoms with E-state index in [1.165, 1.54) is 34.6 Å². The van der Waals surface area contributed by atoms with Crippen LogP contribution in [0.4, 0.5) is 5.69 Å². The Hall–Kier alpha value is -2.97. The van der Waals surface area contributed by atoms with Crippen molar-refractivity contribution in [1.29, 1.82) is 0 Å². The lowest BCUT2D eigenvalue weighted by molar-refractivity contribution is 0.102. The van der Waals surface area contributed by atoms with E-state index in [0.29, 0.717) is 35.2 Å². The van der Waals surface area contributed by atoms with Crippen LogP contribution >= 0.6 is 0 Å². The minimum atomic E-state index is -3.53. The molecular weight excluding hydrogens is 402 g/mol. The maximum absolute atomic E-state index is 12.7. The van der Waals surface area contributed by atoms with Gasteiger partial charge in [0.1, 0.15) is 0 Å². The number of benzene rings is 2. The molecule has 1 fully saturated rings. The lowest BCUT2D eigenvalue weighted by Crippen LogP contribution is -2.35. The summed E-state index contributed by atoms with van der Waals surface area (Å²) in [5, 5.41) is 3.25. The fourth-order valence-corrected chi connectivity index (χ4v) is 5.21. The molecule has 156 valence electrons. The van der Waals surface area contributed by atoms with Crippen LogP contribution < -0.4 is 10.7 Å². The molecule has 1 aromatic heterocycles. The number of nitrogens with one attached hydrogen (secondary N) is 2. The number of carbonyl (C=O) groups excluding carboxylic acids is 1. The number of aryl methyl sites for hydroxylation is 1. The van der Waals surface area contributed by atoms with Crippen molar-refractivity contribution in [3.05, 3.63) is 70.0 Å². The van der Waals surface area contributed by atoms with Gasteiger partial charge >= 0.3 is 0 Å². The molecule has 0 bridgehead atoms. The number of nitrogens with zero attached hydrogens (tertiary/aromatic N) is 1. The van der Waals surface area contributed by atoms with E-state index >= 15 is 0 Å². The summed E-state index contributed by atoms with van der Waals surface area (Å²) in [4.78, 5) is 28.1. The summed E-state index contributed by atoms with van der Waals surface area (Å²) in [5.74, 6) is -0.375. The Balaban J connectivity index is 1.53. The van der Waals surface area contributed by atoms with Crippen LogP contribution in [-0.2, 0) is 10.0 Å². The van der Waals surface area contributed by atoms with Gasteiger partial charge < -0.3 is 10.3 Å². The van der Waals surface area contributed by atoms with Gasteiger partial charge in [-0.05, 0) is 62.2 Å². The molecule has 1 saturated heterocycles. The standard InChI is InChI=1S/C22H23N3O4S/c1-15-13-21(26)19-14-17(7-10-20(19)23-15)24-22(27)16-5-8-18(9-6-16)30(28,29)25-11-3-2-4-12-25/h5-10,13-14H,2-4,11-12H2,1H3,(H,23,26)(H,24,27). The van der Waals surface area contributed by atoms with Crippen LogP contribution in [0.25, 0.3) is 10.9 Å². The van der Waals surface area contributed by atoms with E-state index in [-0.39, 0.29) is 16.2 Å². The second kappa shape index (κ2) is 8.04. The summed E-state index contributed by atoms with van der Waals surface area (Å²) in [6.45, 7) is 2.88. The number of pyridine rings is 1. The van der Waals surface area contributed by atoms with Crippen molar-refractivity contribution in [2.75, 3.05) is 18.4 Å². The lowest BCUT2D eigenvalue weighted by Gasteiger charge is -2.25. The van der Waals surface area contributed by atoms with E-state index < -0.39 is 10.0 Å². The van der Waals surface area contributed by atoms with Crippen LogP contribution in [0.15, 0.2) is 58.2 Å². The van der Waals surface area contributed by atoms with Gasteiger partial charge in [-0.25, -0.2) is 8.42 Å². The van der Waals surface area contributed by atoms with Crippen molar-refractivity contribution < 1.29 is 13.2 Å². The fourth-order valence-electron chi connectivity index (χ4n) is 3.69. The molecule has 2 N–H and O–H groups in total. The minimum Gasteiger partial charge on any atom is -0.358 e. The molecule has 7 nitrogen and oxygen atoms in total. The summed E-state index contributed by atoms with van der Waals surface area (Å²) >= 11 is 0. The zero-order chi connectivity index (χ0) is 21.3. The molecule has 2 heterocycles. The first kappa shape index (κ1) is 20.3. The highest BCUT2D eigenvalue weighted by Crippen LogP contribution is 2.21. The average molecular weight is 426 g/mol. The van der Waals surface area contributed by atoms with E-state index in [1.807, 2.05) is 6.92 Å². The molecule has 2 aromatic carbocycles. The molecule has 0 saturated carbocycles. The first-order valence-corrected chi connectivity index (χ1v) is 11.3. The van der Waals surface area contributed by atoms with Crippen LogP contribution in [-0.4, -0.2) is 36.7 Å². The number of hydrogen-bond donors (Lipinski definition) is 2. The van der Waals surface area contributed by atoms with Gasteiger partial charge in [0, 0.05) is 47.0 Å². The topological polar surface area (TPSA) is 99.3 Å². The zero-order valence-electron chi connectivity index (χ0n) is 16.6. The predicted octanol–water partition coefficient (Wildman–Crippen LogP) is 3.26. The Bertz CT molecular complexity index is 1260. The third-order valence-corrected chi connectivity index (χ3v) is 7.20. The van der Waals surface area contributed by atoms with Crippen molar-refractivity contribution in [2.45, 2.75) is 31.1 Å². The Labute approximate surface area is 174 Å². The van der Waals surface area contributed by atoms with E-state index in [2.05, 4.69) is 10.3 Å². The molecule has 1 aliphatic rings. The molecule has 1 aliphatic heterocycles. The highest BCUT2D eigenvalue weighted by atomic mass is 32.2. The van der Waals surface area contributed by atoms with Gasteiger partial charge in [0.2, 0.25) is 10.0 Å². The fraction of sp³-hybridized carbons (Fsp3) is 0.273. The number of sulfonamides is 1. The van der Waals surface area contributed by atoms with Gasteiger partial charge in [0.25, 0.3) is 5.91 Å². The average Bonchev–Trinajstić information content (AvgIpc) is 2.75. The zero-order valence-corrected chi connectivity index (χ0v) is 17.5. The van der Waals surface area contributed by atoms with Crippen molar-refractivity contribution in [2.24, 2.45) is 0 Å². The number of piperidine rings is 1. The smallest absolute Gasteiger partial charge is 0.255 e. The molecule has 0 radical (unpaired) electrons. The van der Waals surface area contributed by atoms with Crippen LogP contribution in [0.3, 0.4) is 0 Å². The van der Waals surface area contributed by atoms with Crippen LogP contribution in [0.2, 0.25) is 0 Å². The van der Waals surface area contributed by atoms with Crippen LogP contribution in [0, 0.1) is 6.92 Å². The Morgan fingerprint density at radius 3 is 2.40 bits per heavy atom. The highest BCUT2D eigenvalue weighted by molar-refractivity contribution is 7.89. The number of fused-ring (bicyclic) bond motifs is 1. The maximum Gasteiger partial charge on any atom is 0.255 e.